The lowest BCUT2D eigenvalue weighted by Gasteiger charge is -2.17. The first kappa shape index (κ1) is 14.4. The lowest BCUT2D eigenvalue weighted by atomic mass is 9.97. The number of methoxy groups -OCH3 is 1. The van der Waals surface area contributed by atoms with Gasteiger partial charge < -0.3 is 20.5 Å². The van der Waals surface area contributed by atoms with Gasteiger partial charge in [-0.05, 0) is 24.7 Å². The third kappa shape index (κ3) is 5.48. The van der Waals surface area contributed by atoms with Gasteiger partial charge in [-0.3, -0.25) is 4.79 Å². The summed E-state index contributed by atoms with van der Waals surface area (Å²) in [5.74, 6) is 0.837. The Morgan fingerprint density at radius 1 is 1.41 bits per heavy atom. The molecule has 0 aromatic rings. The average Bonchev–Trinajstić information content (AvgIpc) is 2.79. The van der Waals surface area contributed by atoms with E-state index in [1.807, 2.05) is 0 Å². The Morgan fingerprint density at radius 2 is 2.18 bits per heavy atom. The second-order valence-corrected chi connectivity index (χ2v) is 4.61. The Hall–Kier alpha value is -0.650. The Bertz CT molecular complexity index is 224. The van der Waals surface area contributed by atoms with Gasteiger partial charge in [0.25, 0.3) is 0 Å². The molecule has 0 aromatic carbocycles. The van der Waals surface area contributed by atoms with Crippen LogP contribution in [0.25, 0.3) is 0 Å². The molecule has 2 unspecified atom stereocenters. The van der Waals surface area contributed by atoms with Crippen LogP contribution in [-0.4, -0.2) is 51.0 Å². The minimum Gasteiger partial charge on any atom is -0.396 e. The molecule has 5 heteroatoms. The zero-order valence-electron chi connectivity index (χ0n) is 10.6. The fourth-order valence-electron chi connectivity index (χ4n) is 2.31. The molecule has 2 atom stereocenters. The molecule has 1 aliphatic rings. The van der Waals surface area contributed by atoms with Crippen LogP contribution in [0.2, 0.25) is 0 Å². The maximum absolute atomic E-state index is 11.5. The van der Waals surface area contributed by atoms with Crippen molar-refractivity contribution in [1.29, 1.82) is 0 Å². The van der Waals surface area contributed by atoms with Crippen LogP contribution < -0.4 is 10.6 Å². The molecule has 1 rings (SSSR count). The first-order valence-corrected chi connectivity index (χ1v) is 6.35. The maximum atomic E-state index is 11.5. The third-order valence-electron chi connectivity index (χ3n) is 3.38. The van der Waals surface area contributed by atoms with Crippen molar-refractivity contribution >= 4 is 5.91 Å². The van der Waals surface area contributed by atoms with Crippen molar-refractivity contribution < 1.29 is 14.6 Å². The van der Waals surface area contributed by atoms with Gasteiger partial charge >= 0.3 is 0 Å². The van der Waals surface area contributed by atoms with Crippen LogP contribution in [0, 0.1) is 11.8 Å². The smallest absolute Gasteiger partial charge is 0.233 e. The van der Waals surface area contributed by atoms with Crippen molar-refractivity contribution in [2.24, 2.45) is 11.8 Å². The van der Waals surface area contributed by atoms with Crippen molar-refractivity contribution in [2.75, 3.05) is 40.0 Å². The molecule has 0 aromatic heterocycles. The van der Waals surface area contributed by atoms with E-state index < -0.39 is 0 Å². The molecule has 1 saturated carbocycles. The average molecular weight is 244 g/mol. The summed E-state index contributed by atoms with van der Waals surface area (Å²) in [6.07, 6.45) is 3.36. The molecule has 100 valence electrons. The number of carbonyl (C=O) groups is 1. The molecule has 1 fully saturated rings. The van der Waals surface area contributed by atoms with Gasteiger partial charge in [0.1, 0.15) is 0 Å². The van der Waals surface area contributed by atoms with Gasteiger partial charge in [-0.2, -0.15) is 0 Å². The number of nitrogens with one attached hydrogen (secondary N) is 2. The van der Waals surface area contributed by atoms with E-state index in [1.54, 1.807) is 7.11 Å². The van der Waals surface area contributed by atoms with Gasteiger partial charge in [0.2, 0.25) is 5.91 Å². The highest BCUT2D eigenvalue weighted by molar-refractivity contribution is 5.77. The minimum atomic E-state index is 0.0182. The zero-order chi connectivity index (χ0) is 12.5. The fourth-order valence-corrected chi connectivity index (χ4v) is 2.31. The number of hydrogen-bond donors (Lipinski definition) is 3. The molecule has 17 heavy (non-hydrogen) atoms. The van der Waals surface area contributed by atoms with Crippen LogP contribution in [0.4, 0.5) is 0 Å². The highest BCUT2D eigenvalue weighted by Crippen LogP contribution is 2.30. The van der Waals surface area contributed by atoms with Gasteiger partial charge in [0.15, 0.2) is 0 Å². The molecule has 3 N–H and O–H groups in total. The topological polar surface area (TPSA) is 70.6 Å². The van der Waals surface area contributed by atoms with Crippen LogP contribution in [0.5, 0.6) is 0 Å². The Labute approximate surface area is 103 Å². The van der Waals surface area contributed by atoms with Crippen LogP contribution in [0.1, 0.15) is 19.3 Å². The van der Waals surface area contributed by atoms with Crippen molar-refractivity contribution in [3.63, 3.8) is 0 Å². The Kier molecular flexibility index (Phi) is 7.16. The second kappa shape index (κ2) is 8.44. The van der Waals surface area contributed by atoms with Gasteiger partial charge in [0.05, 0.1) is 13.2 Å². The summed E-state index contributed by atoms with van der Waals surface area (Å²) < 4.78 is 4.87. The number of ether oxygens (including phenoxy) is 1. The van der Waals surface area contributed by atoms with Gasteiger partial charge in [-0.1, -0.05) is 6.42 Å². The largest absolute Gasteiger partial charge is 0.396 e. The summed E-state index contributed by atoms with van der Waals surface area (Å²) >= 11 is 0. The highest BCUT2D eigenvalue weighted by Gasteiger charge is 2.26. The number of carbonyl (C=O) groups excluding carboxylic acids is 1. The molecule has 0 heterocycles. The summed E-state index contributed by atoms with van der Waals surface area (Å²) in [4.78, 5) is 11.5. The molecular formula is C12H24N2O3. The standard InChI is InChI=1S/C12H24N2O3/c1-17-6-5-13-8-12(16)14-7-10-3-2-4-11(10)9-15/h10-11,13,15H,2-9H2,1H3,(H,14,16). The summed E-state index contributed by atoms with van der Waals surface area (Å²) in [6, 6.07) is 0. The first-order valence-electron chi connectivity index (χ1n) is 6.35. The summed E-state index contributed by atoms with van der Waals surface area (Å²) in [5, 5.41) is 15.1. The minimum absolute atomic E-state index is 0.0182. The summed E-state index contributed by atoms with van der Waals surface area (Å²) in [6.45, 7) is 2.57. The van der Waals surface area contributed by atoms with E-state index in [9.17, 15) is 4.79 Å². The van der Waals surface area contributed by atoms with Crippen LogP contribution in [-0.2, 0) is 9.53 Å². The van der Waals surface area contributed by atoms with E-state index in [2.05, 4.69) is 10.6 Å². The number of hydrogen-bond acceptors (Lipinski definition) is 4. The van der Waals surface area contributed by atoms with Gasteiger partial charge in [0, 0.05) is 26.8 Å². The van der Waals surface area contributed by atoms with E-state index in [1.165, 1.54) is 0 Å². The third-order valence-corrected chi connectivity index (χ3v) is 3.38. The lowest BCUT2D eigenvalue weighted by molar-refractivity contribution is -0.120. The van der Waals surface area contributed by atoms with Crippen molar-refractivity contribution in [3.8, 4) is 0 Å². The van der Waals surface area contributed by atoms with Crippen LogP contribution in [0.3, 0.4) is 0 Å². The molecule has 0 radical (unpaired) electrons. The number of amides is 1. The molecule has 0 spiro atoms. The fraction of sp³-hybridized carbons (Fsp3) is 0.917. The maximum Gasteiger partial charge on any atom is 0.233 e. The van der Waals surface area contributed by atoms with Crippen molar-refractivity contribution in [3.05, 3.63) is 0 Å². The molecule has 1 amide bonds. The Balaban J connectivity index is 2.06. The number of aliphatic hydroxyl groups excluding tert-OH is 1. The molecule has 0 bridgehead atoms. The summed E-state index contributed by atoms with van der Waals surface area (Å²) in [7, 11) is 1.64. The lowest BCUT2D eigenvalue weighted by Crippen LogP contribution is -2.38. The first-order chi connectivity index (χ1) is 8.27. The number of aliphatic hydroxyl groups is 1. The highest BCUT2D eigenvalue weighted by atomic mass is 16.5. The molecule has 1 aliphatic carbocycles. The van der Waals surface area contributed by atoms with E-state index in [-0.39, 0.29) is 12.5 Å². The van der Waals surface area contributed by atoms with E-state index in [0.717, 1.165) is 19.3 Å². The SMILES string of the molecule is COCCNCC(=O)NCC1CCCC1CO. The van der Waals surface area contributed by atoms with E-state index in [0.29, 0.717) is 38.1 Å². The van der Waals surface area contributed by atoms with Crippen molar-refractivity contribution in [2.45, 2.75) is 19.3 Å². The van der Waals surface area contributed by atoms with E-state index >= 15 is 0 Å². The van der Waals surface area contributed by atoms with E-state index in [4.69, 9.17) is 9.84 Å². The molecule has 0 aliphatic heterocycles. The molecule has 5 nitrogen and oxygen atoms in total. The Morgan fingerprint density at radius 3 is 2.88 bits per heavy atom. The molecule has 0 saturated heterocycles. The predicted octanol–water partition coefficient (Wildman–Crippen LogP) is -0.253. The monoisotopic (exact) mass is 244 g/mol. The van der Waals surface area contributed by atoms with Gasteiger partial charge in [-0.25, -0.2) is 0 Å². The summed E-state index contributed by atoms with van der Waals surface area (Å²) in [5.41, 5.74) is 0. The van der Waals surface area contributed by atoms with Crippen LogP contribution in [0.15, 0.2) is 0 Å². The second-order valence-electron chi connectivity index (χ2n) is 4.61. The quantitative estimate of drug-likeness (QED) is 0.515. The van der Waals surface area contributed by atoms with Crippen molar-refractivity contribution in [1.82, 2.24) is 10.6 Å². The van der Waals surface area contributed by atoms with Crippen LogP contribution >= 0.6 is 0 Å². The predicted molar refractivity (Wildman–Crippen MR) is 65.7 cm³/mol. The zero-order valence-corrected chi connectivity index (χ0v) is 10.6. The molecular weight excluding hydrogens is 220 g/mol. The number of rotatable bonds is 8. The van der Waals surface area contributed by atoms with Gasteiger partial charge in [-0.15, -0.1) is 0 Å². The normalized spacial score (nSPS) is 23.9.